The number of aromatic nitrogens is 2. The van der Waals surface area contributed by atoms with Gasteiger partial charge in [-0.1, -0.05) is 32.1 Å². The summed E-state index contributed by atoms with van der Waals surface area (Å²) in [6, 6.07) is 1.19. The van der Waals surface area contributed by atoms with Gasteiger partial charge < -0.3 is 15.5 Å². The van der Waals surface area contributed by atoms with Crippen molar-refractivity contribution in [3.8, 4) is 6.07 Å². The van der Waals surface area contributed by atoms with Crippen LogP contribution in [0.15, 0.2) is 23.6 Å². The van der Waals surface area contributed by atoms with Gasteiger partial charge in [-0.15, -0.1) is 0 Å². The molecule has 0 radical (unpaired) electrons. The third-order valence-electron chi connectivity index (χ3n) is 6.66. The molecule has 1 aromatic heterocycles. The Morgan fingerprint density at radius 2 is 2.00 bits per heavy atom. The van der Waals surface area contributed by atoms with E-state index in [4.69, 9.17) is 4.99 Å². The molecule has 0 aromatic carbocycles. The van der Waals surface area contributed by atoms with Crippen LogP contribution in [0.3, 0.4) is 0 Å². The number of hydrogen-bond donors (Lipinski definition) is 3. The smallest absolute Gasteiger partial charge is 0.320 e. The lowest BCUT2D eigenvalue weighted by Gasteiger charge is -2.37. The first-order valence-electron chi connectivity index (χ1n) is 12.3. The monoisotopic (exact) mass is 468 g/mol. The molecule has 0 spiro atoms. The molecule has 2 aliphatic rings. The minimum Gasteiger partial charge on any atom is -0.338 e. The van der Waals surface area contributed by atoms with Crippen LogP contribution in [0.1, 0.15) is 64.0 Å². The molecule has 1 aliphatic carbocycles. The van der Waals surface area contributed by atoms with Gasteiger partial charge in [0.05, 0.1) is 12.3 Å². The summed E-state index contributed by atoms with van der Waals surface area (Å²) >= 11 is 0. The first-order chi connectivity index (χ1) is 16.4. The molecule has 2 heterocycles. The molecule has 3 amide bonds. The van der Waals surface area contributed by atoms with Gasteiger partial charge in [0.15, 0.2) is 5.84 Å². The fourth-order valence-electron chi connectivity index (χ4n) is 4.59. The second-order valence-corrected chi connectivity index (χ2v) is 9.29. The minimum atomic E-state index is -0.899. The molecule has 1 atom stereocenters. The highest BCUT2D eigenvalue weighted by atomic mass is 16.2. The Morgan fingerprint density at radius 3 is 2.62 bits per heavy atom. The fraction of sp³-hybridized carbons (Fsp3) is 0.667. The van der Waals surface area contributed by atoms with Crippen LogP contribution in [0.4, 0.5) is 4.79 Å². The van der Waals surface area contributed by atoms with E-state index in [1.165, 1.54) is 25.0 Å². The van der Waals surface area contributed by atoms with Gasteiger partial charge in [0.25, 0.3) is 0 Å². The summed E-state index contributed by atoms with van der Waals surface area (Å²) < 4.78 is 0. The molecule has 1 saturated heterocycles. The van der Waals surface area contributed by atoms with E-state index >= 15 is 0 Å². The summed E-state index contributed by atoms with van der Waals surface area (Å²) in [7, 11) is 2.01. The number of nitriles is 1. The molecule has 1 saturated carbocycles. The Kier molecular flexibility index (Phi) is 9.33. The number of likely N-dealkylation sites (tertiary alicyclic amines) is 1. The Morgan fingerprint density at radius 1 is 1.26 bits per heavy atom. The zero-order chi connectivity index (χ0) is 24.4. The first-order valence-corrected chi connectivity index (χ1v) is 12.3. The number of rotatable bonds is 7. The highest BCUT2D eigenvalue weighted by molar-refractivity contribution is 6.07. The fourth-order valence-corrected chi connectivity index (χ4v) is 4.59. The molecule has 10 heteroatoms. The highest BCUT2D eigenvalue weighted by Gasteiger charge is 2.37. The normalized spacial score (nSPS) is 20.1. The molecule has 184 valence electrons. The van der Waals surface area contributed by atoms with Crippen molar-refractivity contribution in [2.24, 2.45) is 10.9 Å². The summed E-state index contributed by atoms with van der Waals surface area (Å²) in [5.41, 5.74) is -0.520. The second-order valence-electron chi connectivity index (χ2n) is 9.29. The maximum Gasteiger partial charge on any atom is 0.320 e. The number of amides is 3. The standard InChI is InChI=1S/C24H36N8O2/c1-3-27-23(34)30-21(20-16-26-11-12-28-20)29-19(15-18-7-5-4-6-8-18)22(33)31-24(17-25)9-13-32(2)14-10-24/h11-12,16,18-19H,3-10,13-15H2,1-2H3,(H,31,33)(H2,27,29,30,34). The molecule has 10 nitrogen and oxygen atoms in total. The van der Waals surface area contributed by atoms with Crippen LogP contribution in [0.25, 0.3) is 0 Å². The number of carbonyl (C=O) groups excluding carboxylic acids is 2. The number of hydrogen-bond acceptors (Lipinski definition) is 7. The van der Waals surface area contributed by atoms with E-state index in [1.807, 2.05) is 14.0 Å². The molecule has 2 fully saturated rings. The molecular formula is C24H36N8O2. The third kappa shape index (κ3) is 7.22. The summed E-state index contributed by atoms with van der Waals surface area (Å²) in [5.74, 6) is 0.288. The summed E-state index contributed by atoms with van der Waals surface area (Å²) in [6.07, 6.45) is 11.9. The zero-order valence-electron chi connectivity index (χ0n) is 20.2. The van der Waals surface area contributed by atoms with Crippen molar-refractivity contribution in [1.82, 2.24) is 30.8 Å². The Labute approximate surface area is 201 Å². The van der Waals surface area contributed by atoms with Crippen molar-refractivity contribution >= 4 is 17.8 Å². The minimum absolute atomic E-state index is 0.199. The average molecular weight is 469 g/mol. The molecule has 1 aromatic rings. The SMILES string of the molecule is CCNC(=O)NC(=NC(CC1CCCCC1)C(=O)NC1(C#N)CCN(C)CC1)c1cnccn1. The topological polar surface area (TPSA) is 135 Å². The van der Waals surface area contributed by atoms with Gasteiger partial charge in [0, 0.05) is 32.0 Å². The molecule has 3 rings (SSSR count). The zero-order valence-corrected chi connectivity index (χ0v) is 20.2. The van der Waals surface area contributed by atoms with Crippen molar-refractivity contribution in [2.45, 2.75) is 69.9 Å². The predicted octanol–water partition coefficient (Wildman–Crippen LogP) is 1.99. The molecule has 34 heavy (non-hydrogen) atoms. The Bertz CT molecular complexity index is 884. The van der Waals surface area contributed by atoms with E-state index in [1.54, 1.807) is 0 Å². The summed E-state index contributed by atoms with van der Waals surface area (Å²) in [6.45, 7) is 3.76. The Hall–Kier alpha value is -3.06. The first kappa shape index (κ1) is 25.6. The van der Waals surface area contributed by atoms with Crippen LogP contribution in [0.2, 0.25) is 0 Å². The van der Waals surface area contributed by atoms with Gasteiger partial charge in [0.1, 0.15) is 17.3 Å². The van der Waals surface area contributed by atoms with Crippen LogP contribution in [-0.4, -0.2) is 70.9 Å². The van der Waals surface area contributed by atoms with Crippen molar-refractivity contribution in [3.05, 3.63) is 24.3 Å². The number of carbonyl (C=O) groups is 2. The van der Waals surface area contributed by atoms with Crippen molar-refractivity contribution in [2.75, 3.05) is 26.7 Å². The van der Waals surface area contributed by atoms with Crippen molar-refractivity contribution < 1.29 is 9.59 Å². The van der Waals surface area contributed by atoms with Crippen LogP contribution in [0, 0.1) is 17.2 Å². The highest BCUT2D eigenvalue weighted by Crippen LogP contribution is 2.29. The average Bonchev–Trinajstić information content (AvgIpc) is 2.86. The van der Waals surface area contributed by atoms with E-state index in [0.29, 0.717) is 37.4 Å². The van der Waals surface area contributed by atoms with Gasteiger partial charge in [-0.05, 0) is 39.2 Å². The molecule has 0 bridgehead atoms. The van der Waals surface area contributed by atoms with Gasteiger partial charge in [-0.3, -0.25) is 20.1 Å². The maximum atomic E-state index is 13.6. The largest absolute Gasteiger partial charge is 0.338 e. The van der Waals surface area contributed by atoms with Crippen LogP contribution < -0.4 is 16.0 Å². The lowest BCUT2D eigenvalue weighted by molar-refractivity contribution is -0.124. The van der Waals surface area contributed by atoms with Crippen molar-refractivity contribution in [1.29, 1.82) is 5.26 Å². The lowest BCUT2D eigenvalue weighted by Crippen LogP contribution is -2.56. The number of piperidine rings is 1. The number of nitrogens with zero attached hydrogens (tertiary/aromatic N) is 5. The van der Waals surface area contributed by atoms with Crippen LogP contribution in [-0.2, 0) is 4.79 Å². The van der Waals surface area contributed by atoms with E-state index in [0.717, 1.165) is 38.8 Å². The van der Waals surface area contributed by atoms with Gasteiger partial charge in [-0.25, -0.2) is 9.78 Å². The van der Waals surface area contributed by atoms with E-state index in [2.05, 4.69) is 36.9 Å². The lowest BCUT2D eigenvalue weighted by atomic mass is 9.84. The summed E-state index contributed by atoms with van der Waals surface area (Å²) in [4.78, 5) is 41.1. The van der Waals surface area contributed by atoms with E-state index in [9.17, 15) is 14.9 Å². The maximum absolute atomic E-state index is 13.6. The van der Waals surface area contributed by atoms with Crippen LogP contribution >= 0.6 is 0 Å². The summed E-state index contributed by atoms with van der Waals surface area (Å²) in [5, 5.41) is 18.4. The molecule has 1 aliphatic heterocycles. The quantitative estimate of drug-likeness (QED) is 0.414. The van der Waals surface area contributed by atoms with E-state index in [-0.39, 0.29) is 11.7 Å². The number of urea groups is 1. The van der Waals surface area contributed by atoms with Gasteiger partial charge in [0.2, 0.25) is 5.91 Å². The molecular weight excluding hydrogens is 432 g/mol. The van der Waals surface area contributed by atoms with Gasteiger partial charge >= 0.3 is 6.03 Å². The molecule has 1 unspecified atom stereocenters. The third-order valence-corrected chi connectivity index (χ3v) is 6.66. The molecule has 3 N–H and O–H groups in total. The van der Waals surface area contributed by atoms with Gasteiger partial charge in [-0.2, -0.15) is 5.26 Å². The number of aliphatic imine (C=N–C) groups is 1. The van der Waals surface area contributed by atoms with E-state index < -0.39 is 17.6 Å². The van der Waals surface area contributed by atoms with Crippen molar-refractivity contribution in [3.63, 3.8) is 0 Å². The number of nitrogens with one attached hydrogen (secondary N) is 3. The predicted molar refractivity (Wildman–Crippen MR) is 129 cm³/mol. The van der Waals surface area contributed by atoms with Crippen LogP contribution in [0.5, 0.6) is 0 Å². The Balaban J connectivity index is 1.88. The number of amidine groups is 1. The second kappa shape index (κ2) is 12.4.